The first-order chi connectivity index (χ1) is 9.90. The number of carbonyl (C=O) groups excluding carboxylic acids is 1. The van der Waals surface area contributed by atoms with Crippen LogP contribution < -0.4 is 0 Å². The first-order valence-corrected chi connectivity index (χ1v) is 6.52. The zero-order valence-corrected chi connectivity index (χ0v) is 12.1. The summed E-state index contributed by atoms with van der Waals surface area (Å²) in [5.74, 6) is -1.46. The fourth-order valence-corrected chi connectivity index (χ4v) is 1.84. The highest BCUT2D eigenvalue weighted by atomic mass is 16.4. The fraction of sp³-hybridized carbons (Fsp3) is 0.267. The van der Waals surface area contributed by atoms with Crippen molar-refractivity contribution >= 4 is 11.9 Å². The van der Waals surface area contributed by atoms with Crippen molar-refractivity contribution in [3.8, 4) is 11.3 Å². The maximum Gasteiger partial charge on any atom is 0.326 e. The molecule has 1 atom stereocenters. The van der Waals surface area contributed by atoms with Crippen molar-refractivity contribution in [1.29, 1.82) is 0 Å². The van der Waals surface area contributed by atoms with E-state index in [4.69, 9.17) is 5.11 Å². The van der Waals surface area contributed by atoms with Gasteiger partial charge in [0.2, 0.25) is 0 Å². The number of carboxylic acids is 1. The molecule has 1 heterocycles. The lowest BCUT2D eigenvalue weighted by molar-refractivity contribution is -0.141. The summed E-state index contributed by atoms with van der Waals surface area (Å²) in [5, 5.41) is 15.7. The summed E-state index contributed by atoms with van der Waals surface area (Å²) in [6, 6.07) is 8.49. The molecule has 0 saturated heterocycles. The van der Waals surface area contributed by atoms with Crippen LogP contribution in [0.1, 0.15) is 23.0 Å². The standard InChI is InChI=1S/C15H17N3O3/c1-9-4-6-11(7-5-9)12-8-13(17-16-12)14(19)18(3)10(2)15(20)21/h4-8,10H,1-3H3,(H,16,17)(H,20,21). The molecular weight excluding hydrogens is 270 g/mol. The molecule has 0 aliphatic rings. The van der Waals surface area contributed by atoms with Crippen molar-refractivity contribution < 1.29 is 14.7 Å². The van der Waals surface area contributed by atoms with E-state index in [1.54, 1.807) is 6.07 Å². The van der Waals surface area contributed by atoms with E-state index < -0.39 is 17.9 Å². The van der Waals surface area contributed by atoms with Gasteiger partial charge < -0.3 is 10.0 Å². The Balaban J connectivity index is 2.21. The smallest absolute Gasteiger partial charge is 0.326 e. The highest BCUT2D eigenvalue weighted by Gasteiger charge is 2.24. The number of aromatic nitrogens is 2. The molecule has 1 unspecified atom stereocenters. The molecule has 110 valence electrons. The molecule has 0 radical (unpaired) electrons. The molecule has 0 aliphatic heterocycles. The average molecular weight is 287 g/mol. The van der Waals surface area contributed by atoms with Crippen LogP contribution in [-0.4, -0.2) is 45.2 Å². The SMILES string of the molecule is Cc1ccc(-c2cc(C(=O)N(C)C(C)C(=O)O)[nH]n2)cc1. The number of aliphatic carboxylic acids is 1. The number of carbonyl (C=O) groups is 2. The van der Waals surface area contributed by atoms with Crippen molar-refractivity contribution in [3.05, 3.63) is 41.6 Å². The molecule has 6 heteroatoms. The average Bonchev–Trinajstić information content (AvgIpc) is 2.95. The first kappa shape index (κ1) is 14.8. The lowest BCUT2D eigenvalue weighted by Crippen LogP contribution is -2.40. The number of amides is 1. The lowest BCUT2D eigenvalue weighted by atomic mass is 10.1. The van der Waals surface area contributed by atoms with Gasteiger partial charge in [0, 0.05) is 12.6 Å². The van der Waals surface area contributed by atoms with Crippen LogP contribution in [0.25, 0.3) is 11.3 Å². The predicted molar refractivity (Wildman–Crippen MR) is 78.0 cm³/mol. The number of nitrogens with one attached hydrogen (secondary N) is 1. The van der Waals surface area contributed by atoms with Gasteiger partial charge in [0.05, 0.1) is 5.69 Å². The number of aromatic amines is 1. The van der Waals surface area contributed by atoms with Crippen LogP contribution >= 0.6 is 0 Å². The molecule has 6 nitrogen and oxygen atoms in total. The van der Waals surface area contributed by atoms with Gasteiger partial charge >= 0.3 is 5.97 Å². The summed E-state index contributed by atoms with van der Waals surface area (Å²) < 4.78 is 0. The third-order valence-corrected chi connectivity index (χ3v) is 3.41. The third kappa shape index (κ3) is 3.10. The number of aryl methyl sites for hydroxylation is 1. The van der Waals surface area contributed by atoms with E-state index in [0.29, 0.717) is 5.69 Å². The van der Waals surface area contributed by atoms with Crippen LogP contribution in [0.2, 0.25) is 0 Å². The zero-order chi connectivity index (χ0) is 15.6. The van der Waals surface area contributed by atoms with Gasteiger partial charge in [-0.25, -0.2) is 4.79 Å². The maximum atomic E-state index is 12.2. The molecule has 1 amide bonds. The van der Waals surface area contributed by atoms with E-state index in [1.165, 1.54) is 14.0 Å². The Bertz CT molecular complexity index is 661. The number of rotatable bonds is 4. The molecule has 0 saturated carbocycles. The van der Waals surface area contributed by atoms with Crippen LogP contribution in [0.15, 0.2) is 30.3 Å². The van der Waals surface area contributed by atoms with Crippen molar-refractivity contribution in [1.82, 2.24) is 15.1 Å². The fourth-order valence-electron chi connectivity index (χ4n) is 1.84. The summed E-state index contributed by atoms with van der Waals surface area (Å²) in [5.41, 5.74) is 2.95. The molecule has 2 N–H and O–H groups in total. The highest BCUT2D eigenvalue weighted by Crippen LogP contribution is 2.19. The molecule has 1 aromatic heterocycles. The zero-order valence-electron chi connectivity index (χ0n) is 12.1. The number of carboxylic acid groups (broad SMARTS) is 1. The second-order valence-electron chi connectivity index (χ2n) is 4.96. The summed E-state index contributed by atoms with van der Waals surface area (Å²) in [6.45, 7) is 3.45. The Kier molecular flexibility index (Phi) is 4.07. The van der Waals surface area contributed by atoms with E-state index in [2.05, 4.69) is 10.2 Å². The van der Waals surface area contributed by atoms with Gasteiger partial charge in [-0.3, -0.25) is 9.89 Å². The lowest BCUT2D eigenvalue weighted by Gasteiger charge is -2.20. The Morgan fingerprint density at radius 2 is 1.90 bits per heavy atom. The van der Waals surface area contributed by atoms with Gasteiger partial charge in [-0.2, -0.15) is 5.10 Å². The minimum absolute atomic E-state index is 0.265. The second kappa shape index (κ2) is 5.78. The van der Waals surface area contributed by atoms with E-state index in [0.717, 1.165) is 16.0 Å². The van der Waals surface area contributed by atoms with Crippen molar-refractivity contribution in [2.24, 2.45) is 0 Å². The highest BCUT2D eigenvalue weighted by molar-refractivity contribution is 5.95. The number of nitrogens with zero attached hydrogens (tertiary/aromatic N) is 2. The van der Waals surface area contributed by atoms with Crippen LogP contribution in [0.3, 0.4) is 0 Å². The summed E-state index contributed by atoms with van der Waals surface area (Å²) in [7, 11) is 1.45. The van der Waals surface area contributed by atoms with Gasteiger partial charge in [-0.1, -0.05) is 29.8 Å². The largest absolute Gasteiger partial charge is 0.480 e. The Morgan fingerprint density at radius 1 is 1.29 bits per heavy atom. The molecule has 21 heavy (non-hydrogen) atoms. The predicted octanol–water partition coefficient (Wildman–Crippen LogP) is 1.93. The van der Waals surface area contributed by atoms with Crippen molar-refractivity contribution in [3.63, 3.8) is 0 Å². The minimum atomic E-state index is -1.05. The molecule has 0 fully saturated rings. The molecule has 0 aliphatic carbocycles. The summed E-state index contributed by atoms with van der Waals surface area (Å²) in [6.07, 6.45) is 0. The van der Waals surface area contributed by atoms with Gasteiger partial charge in [-0.05, 0) is 19.9 Å². The van der Waals surface area contributed by atoms with Crippen LogP contribution in [-0.2, 0) is 4.79 Å². The normalized spacial score (nSPS) is 12.0. The number of hydrogen-bond acceptors (Lipinski definition) is 3. The number of likely N-dealkylation sites (N-methyl/N-ethyl adjacent to an activating group) is 1. The number of hydrogen-bond donors (Lipinski definition) is 2. The molecule has 1 aromatic carbocycles. The Labute approximate surface area is 122 Å². The summed E-state index contributed by atoms with van der Waals surface area (Å²) in [4.78, 5) is 24.3. The Hall–Kier alpha value is -2.63. The third-order valence-electron chi connectivity index (χ3n) is 3.41. The maximum absolute atomic E-state index is 12.2. The quantitative estimate of drug-likeness (QED) is 0.899. The van der Waals surface area contributed by atoms with E-state index in [-0.39, 0.29) is 5.69 Å². The second-order valence-corrected chi connectivity index (χ2v) is 4.96. The molecule has 2 rings (SSSR count). The van der Waals surface area contributed by atoms with Gasteiger partial charge in [0.1, 0.15) is 11.7 Å². The van der Waals surface area contributed by atoms with E-state index in [1.807, 2.05) is 31.2 Å². The minimum Gasteiger partial charge on any atom is -0.480 e. The van der Waals surface area contributed by atoms with Gasteiger partial charge in [-0.15, -0.1) is 0 Å². The van der Waals surface area contributed by atoms with Gasteiger partial charge in [0.25, 0.3) is 5.91 Å². The van der Waals surface area contributed by atoms with Gasteiger partial charge in [0.15, 0.2) is 0 Å². The molecular formula is C15H17N3O3. The van der Waals surface area contributed by atoms with E-state index in [9.17, 15) is 9.59 Å². The monoisotopic (exact) mass is 287 g/mol. The molecule has 0 spiro atoms. The summed E-state index contributed by atoms with van der Waals surface area (Å²) >= 11 is 0. The van der Waals surface area contributed by atoms with Crippen LogP contribution in [0, 0.1) is 6.92 Å². The number of benzene rings is 1. The molecule has 0 bridgehead atoms. The van der Waals surface area contributed by atoms with Crippen molar-refractivity contribution in [2.75, 3.05) is 7.05 Å². The van der Waals surface area contributed by atoms with Crippen LogP contribution in [0.4, 0.5) is 0 Å². The topological polar surface area (TPSA) is 86.3 Å². The molecule has 2 aromatic rings. The van der Waals surface area contributed by atoms with E-state index >= 15 is 0 Å². The number of H-pyrrole nitrogens is 1. The van der Waals surface area contributed by atoms with Crippen molar-refractivity contribution in [2.45, 2.75) is 19.9 Å². The first-order valence-electron chi connectivity index (χ1n) is 6.52. The Morgan fingerprint density at radius 3 is 2.48 bits per heavy atom. The van der Waals surface area contributed by atoms with Crippen LogP contribution in [0.5, 0.6) is 0 Å².